The Morgan fingerprint density at radius 3 is 1.92 bits per heavy atom. The van der Waals surface area contributed by atoms with Crippen molar-refractivity contribution in [3.8, 4) is 0 Å². The first-order valence-electron chi connectivity index (χ1n) is 7.69. The van der Waals surface area contributed by atoms with Crippen LogP contribution >= 0.6 is 0 Å². The molecule has 0 saturated heterocycles. The molecule has 1 amide bonds. The quantitative estimate of drug-likeness (QED) is 0.496. The normalized spacial score (nSPS) is 10.5. The van der Waals surface area contributed by atoms with Gasteiger partial charge in [0.05, 0.1) is 33.0 Å². The molecule has 0 saturated carbocycles. The Balaban J connectivity index is 3.70. The van der Waals surface area contributed by atoms with Crippen molar-refractivity contribution in [2.45, 2.75) is 39.7 Å². The summed E-state index contributed by atoms with van der Waals surface area (Å²) in [7, 11) is 0. The molecule has 0 radical (unpaired) electrons. The second-order valence-corrected chi connectivity index (χ2v) is 5.54. The number of anilines is 1. The van der Waals surface area contributed by atoms with Gasteiger partial charge in [-0.05, 0) is 20.3 Å². The predicted molar refractivity (Wildman–Crippen MR) is 90.3 cm³/mol. The summed E-state index contributed by atoms with van der Waals surface area (Å²) in [4.78, 5) is 43.8. The topological polar surface area (TPSA) is 159 Å². The molecule has 0 aliphatic rings. The highest BCUT2D eigenvalue weighted by atomic mass is 16.6. The first kappa shape index (κ1) is 20.7. The molecule has 0 bridgehead atoms. The molecule has 0 aliphatic carbocycles. The van der Waals surface area contributed by atoms with Crippen LogP contribution in [0.15, 0.2) is 12.1 Å². The van der Waals surface area contributed by atoms with Crippen molar-refractivity contribution in [3.63, 3.8) is 0 Å². The number of benzene rings is 1. The maximum atomic E-state index is 12.4. The molecule has 0 spiro atoms. The molecular weight excluding hydrogens is 352 g/mol. The number of non-ortho nitro benzene ring substituents is 1. The molecule has 0 aromatic heterocycles. The van der Waals surface area contributed by atoms with E-state index < -0.39 is 49.7 Å². The average molecular weight is 370 g/mol. The van der Waals surface area contributed by atoms with Crippen LogP contribution in [0.1, 0.15) is 33.6 Å². The van der Waals surface area contributed by atoms with Crippen LogP contribution < -0.4 is 4.90 Å². The zero-order valence-corrected chi connectivity index (χ0v) is 14.4. The fraction of sp³-hybridized carbons (Fsp3) is 0.500. The van der Waals surface area contributed by atoms with E-state index >= 15 is 0 Å². The van der Waals surface area contributed by atoms with Crippen molar-refractivity contribution in [1.82, 2.24) is 0 Å². The summed E-state index contributed by atoms with van der Waals surface area (Å²) in [6, 6.07) is 1.17. The van der Waals surface area contributed by atoms with E-state index in [1.54, 1.807) is 20.8 Å². The number of carbonyl (C=O) groups is 1. The molecule has 0 fully saturated rings. The van der Waals surface area contributed by atoms with Crippen LogP contribution in [0, 0.1) is 30.3 Å². The van der Waals surface area contributed by atoms with Gasteiger partial charge in [-0.3, -0.25) is 35.2 Å². The Morgan fingerprint density at radius 1 is 1.08 bits per heavy atom. The van der Waals surface area contributed by atoms with Gasteiger partial charge in [0.25, 0.3) is 5.69 Å². The molecular formula is C14H18N4O8. The lowest BCUT2D eigenvalue weighted by Crippen LogP contribution is -2.35. The molecule has 0 N–H and O–H groups in total. The molecule has 12 heteroatoms. The summed E-state index contributed by atoms with van der Waals surface area (Å²) >= 11 is 0. The number of unbranched alkanes of at least 4 members (excludes halogenated alkanes) is 1. The molecule has 0 heterocycles. The highest BCUT2D eigenvalue weighted by molar-refractivity contribution is 5.95. The molecule has 1 rings (SSSR count). The van der Waals surface area contributed by atoms with Crippen LogP contribution in [-0.4, -0.2) is 33.5 Å². The van der Waals surface area contributed by atoms with Crippen LogP contribution in [0.25, 0.3) is 0 Å². The monoisotopic (exact) mass is 370 g/mol. The zero-order valence-electron chi connectivity index (χ0n) is 14.4. The predicted octanol–water partition coefficient (Wildman–Crippen LogP) is 3.56. The Morgan fingerprint density at radius 2 is 1.58 bits per heavy atom. The van der Waals surface area contributed by atoms with E-state index in [0.717, 1.165) is 4.90 Å². The van der Waals surface area contributed by atoms with Gasteiger partial charge in [-0.2, -0.15) is 0 Å². The third-order valence-corrected chi connectivity index (χ3v) is 3.22. The van der Waals surface area contributed by atoms with Gasteiger partial charge in [-0.1, -0.05) is 13.3 Å². The first-order chi connectivity index (χ1) is 12.1. The molecule has 0 unspecified atom stereocenters. The SMILES string of the molecule is CCCCN(C(=O)OC(C)C)c1c([N+](=O)[O-])cc([N+](=O)[O-])cc1[N+](=O)[O-]. The van der Waals surface area contributed by atoms with Gasteiger partial charge in [0, 0.05) is 6.54 Å². The smallest absolute Gasteiger partial charge is 0.414 e. The molecule has 142 valence electrons. The maximum absolute atomic E-state index is 12.4. The Kier molecular flexibility index (Phi) is 6.93. The van der Waals surface area contributed by atoms with Crippen LogP contribution in [0.3, 0.4) is 0 Å². The minimum Gasteiger partial charge on any atom is -0.446 e. The number of ether oxygens (including phenoxy) is 1. The summed E-state index contributed by atoms with van der Waals surface area (Å²) < 4.78 is 5.02. The van der Waals surface area contributed by atoms with Gasteiger partial charge < -0.3 is 4.74 Å². The van der Waals surface area contributed by atoms with Crippen LogP contribution in [0.2, 0.25) is 0 Å². The Hall–Kier alpha value is -3.31. The number of rotatable bonds is 8. The van der Waals surface area contributed by atoms with Crippen molar-refractivity contribution in [2.75, 3.05) is 11.4 Å². The van der Waals surface area contributed by atoms with E-state index in [1.807, 2.05) is 0 Å². The van der Waals surface area contributed by atoms with Crippen molar-refractivity contribution in [1.29, 1.82) is 0 Å². The van der Waals surface area contributed by atoms with Crippen molar-refractivity contribution in [3.05, 3.63) is 42.5 Å². The molecule has 12 nitrogen and oxygen atoms in total. The molecule has 1 aromatic carbocycles. The number of hydrogen-bond acceptors (Lipinski definition) is 8. The minimum atomic E-state index is -1.01. The van der Waals surface area contributed by atoms with Crippen LogP contribution in [-0.2, 0) is 4.74 Å². The lowest BCUT2D eigenvalue weighted by molar-refractivity contribution is -0.402. The van der Waals surface area contributed by atoms with Gasteiger partial charge in [-0.15, -0.1) is 0 Å². The number of hydrogen-bond donors (Lipinski definition) is 0. The van der Waals surface area contributed by atoms with Crippen molar-refractivity contribution >= 4 is 28.8 Å². The second kappa shape index (κ2) is 8.69. The standard InChI is InChI=1S/C14H18N4O8/c1-4-5-6-15(14(19)26-9(2)3)13-11(17(22)23)7-10(16(20)21)8-12(13)18(24)25/h7-9H,4-6H2,1-3H3. The van der Waals surface area contributed by atoms with E-state index in [9.17, 15) is 35.1 Å². The Bertz CT molecular complexity index is 699. The number of carbonyl (C=O) groups excluding carboxylic acids is 1. The molecule has 1 aromatic rings. The number of nitro groups is 3. The lowest BCUT2D eigenvalue weighted by Gasteiger charge is -2.22. The van der Waals surface area contributed by atoms with E-state index in [0.29, 0.717) is 25.0 Å². The third-order valence-electron chi connectivity index (χ3n) is 3.22. The second-order valence-electron chi connectivity index (χ2n) is 5.54. The highest BCUT2D eigenvalue weighted by Gasteiger charge is 2.37. The maximum Gasteiger partial charge on any atom is 0.414 e. The van der Waals surface area contributed by atoms with Gasteiger partial charge in [0.15, 0.2) is 0 Å². The van der Waals surface area contributed by atoms with Crippen LogP contribution in [0.5, 0.6) is 0 Å². The summed E-state index contributed by atoms with van der Waals surface area (Å²) in [6.45, 7) is 4.81. The third kappa shape index (κ3) is 4.84. The molecule has 0 aliphatic heterocycles. The summed E-state index contributed by atoms with van der Waals surface area (Å²) in [5, 5.41) is 33.7. The first-order valence-corrected chi connectivity index (χ1v) is 7.69. The van der Waals surface area contributed by atoms with Crippen molar-refractivity contribution < 1.29 is 24.3 Å². The van der Waals surface area contributed by atoms with Gasteiger partial charge in [0.1, 0.15) is 0 Å². The number of amides is 1. The van der Waals surface area contributed by atoms with E-state index in [4.69, 9.17) is 4.74 Å². The van der Waals surface area contributed by atoms with E-state index in [2.05, 4.69) is 0 Å². The number of nitro benzene ring substituents is 3. The molecule has 26 heavy (non-hydrogen) atoms. The van der Waals surface area contributed by atoms with E-state index in [1.165, 1.54) is 0 Å². The van der Waals surface area contributed by atoms with Gasteiger partial charge in [0.2, 0.25) is 5.69 Å². The lowest BCUT2D eigenvalue weighted by atomic mass is 10.1. The summed E-state index contributed by atoms with van der Waals surface area (Å²) in [6.07, 6.45) is -0.588. The van der Waals surface area contributed by atoms with E-state index in [-0.39, 0.29) is 6.54 Å². The fourth-order valence-electron chi connectivity index (χ4n) is 2.13. The highest BCUT2D eigenvalue weighted by Crippen LogP contribution is 2.41. The van der Waals surface area contributed by atoms with Crippen molar-refractivity contribution in [2.24, 2.45) is 0 Å². The Labute approximate surface area is 147 Å². The largest absolute Gasteiger partial charge is 0.446 e. The fourth-order valence-corrected chi connectivity index (χ4v) is 2.13. The van der Waals surface area contributed by atoms with Crippen LogP contribution in [0.4, 0.5) is 27.5 Å². The van der Waals surface area contributed by atoms with Gasteiger partial charge in [-0.25, -0.2) is 4.79 Å². The minimum absolute atomic E-state index is 0.0818. The summed E-state index contributed by atoms with van der Waals surface area (Å²) in [5.41, 5.74) is -3.28. The number of nitrogens with zero attached hydrogens (tertiary/aromatic N) is 4. The summed E-state index contributed by atoms with van der Waals surface area (Å²) in [5.74, 6) is 0. The molecule has 0 atom stereocenters. The van der Waals surface area contributed by atoms with Gasteiger partial charge >= 0.3 is 17.5 Å². The zero-order chi connectivity index (χ0) is 20.0. The average Bonchev–Trinajstić information content (AvgIpc) is 2.53.